The summed E-state index contributed by atoms with van der Waals surface area (Å²) in [5.41, 5.74) is 1.26. The molecule has 1 aromatic heterocycles. The molecule has 1 atom stereocenters. The van der Waals surface area contributed by atoms with Crippen molar-refractivity contribution in [3.05, 3.63) is 16.4 Å². The lowest BCUT2D eigenvalue weighted by atomic mass is 10.0. The highest BCUT2D eigenvalue weighted by molar-refractivity contribution is 6.30. The third-order valence-corrected chi connectivity index (χ3v) is 3.58. The van der Waals surface area contributed by atoms with Gasteiger partial charge >= 0.3 is 0 Å². The maximum Gasteiger partial charge on any atom is 0.131 e. The largest absolute Gasteiger partial charge is 0.388 e. The van der Waals surface area contributed by atoms with E-state index in [9.17, 15) is 5.11 Å². The van der Waals surface area contributed by atoms with Crippen molar-refractivity contribution in [2.75, 3.05) is 27.2 Å². The van der Waals surface area contributed by atoms with Gasteiger partial charge in [-0.05, 0) is 26.9 Å². The molecule has 0 bridgehead atoms. The SMILES string of the molecule is CC(C)c1nn(C)c(Cl)c1CNCC(C)(O)CN(C)C. The Morgan fingerprint density at radius 1 is 1.45 bits per heavy atom. The molecule has 1 unspecified atom stereocenters. The van der Waals surface area contributed by atoms with Gasteiger partial charge in [0.25, 0.3) is 0 Å². The van der Waals surface area contributed by atoms with Crippen molar-refractivity contribution in [1.29, 1.82) is 0 Å². The maximum atomic E-state index is 10.3. The molecule has 20 heavy (non-hydrogen) atoms. The number of aryl methyl sites for hydroxylation is 1. The summed E-state index contributed by atoms with van der Waals surface area (Å²) in [5, 5.41) is 18.6. The average Bonchev–Trinajstić information content (AvgIpc) is 2.55. The van der Waals surface area contributed by atoms with E-state index in [4.69, 9.17) is 11.6 Å². The molecule has 0 saturated heterocycles. The smallest absolute Gasteiger partial charge is 0.131 e. The van der Waals surface area contributed by atoms with Crippen LogP contribution in [0, 0.1) is 0 Å². The molecule has 0 amide bonds. The maximum absolute atomic E-state index is 10.3. The Kier molecular flexibility index (Phi) is 6.01. The van der Waals surface area contributed by atoms with Crippen LogP contribution in [0.25, 0.3) is 0 Å². The molecule has 0 aliphatic carbocycles. The van der Waals surface area contributed by atoms with Crippen molar-refractivity contribution in [3.63, 3.8) is 0 Å². The lowest BCUT2D eigenvalue weighted by Gasteiger charge is -2.27. The van der Waals surface area contributed by atoms with Gasteiger partial charge < -0.3 is 15.3 Å². The molecule has 6 heteroatoms. The van der Waals surface area contributed by atoms with Crippen LogP contribution in [0.1, 0.15) is 37.9 Å². The predicted molar refractivity (Wildman–Crippen MR) is 83.2 cm³/mol. The first kappa shape index (κ1) is 17.4. The van der Waals surface area contributed by atoms with Gasteiger partial charge in [0, 0.05) is 32.2 Å². The first-order chi connectivity index (χ1) is 9.14. The van der Waals surface area contributed by atoms with Gasteiger partial charge in [-0.2, -0.15) is 5.10 Å². The van der Waals surface area contributed by atoms with Crippen molar-refractivity contribution in [3.8, 4) is 0 Å². The minimum Gasteiger partial charge on any atom is -0.388 e. The Morgan fingerprint density at radius 3 is 2.55 bits per heavy atom. The van der Waals surface area contributed by atoms with Gasteiger partial charge in [-0.1, -0.05) is 25.4 Å². The minimum atomic E-state index is -0.768. The lowest BCUT2D eigenvalue weighted by Crippen LogP contribution is -2.45. The number of halogens is 1. The fourth-order valence-electron chi connectivity index (χ4n) is 2.39. The summed E-state index contributed by atoms with van der Waals surface area (Å²) in [6.07, 6.45) is 0. The number of hydrogen-bond donors (Lipinski definition) is 2. The second kappa shape index (κ2) is 6.89. The van der Waals surface area contributed by atoms with E-state index in [2.05, 4.69) is 24.3 Å². The third-order valence-electron chi connectivity index (χ3n) is 3.11. The van der Waals surface area contributed by atoms with Crippen LogP contribution in [0.15, 0.2) is 0 Å². The highest BCUT2D eigenvalue weighted by Gasteiger charge is 2.22. The van der Waals surface area contributed by atoms with Gasteiger partial charge in [-0.3, -0.25) is 4.68 Å². The van der Waals surface area contributed by atoms with Crippen LogP contribution < -0.4 is 5.32 Å². The molecule has 0 aromatic carbocycles. The monoisotopic (exact) mass is 302 g/mol. The Hall–Kier alpha value is -0.620. The molecule has 0 radical (unpaired) electrons. The van der Waals surface area contributed by atoms with Crippen LogP contribution in [-0.4, -0.2) is 52.6 Å². The second-order valence-electron chi connectivity index (χ2n) is 6.27. The van der Waals surface area contributed by atoms with Crippen molar-refractivity contribution in [2.45, 2.75) is 38.8 Å². The molecule has 0 fully saturated rings. The molecular formula is C14H27ClN4O. The summed E-state index contributed by atoms with van der Waals surface area (Å²) in [6.45, 7) is 7.76. The zero-order chi connectivity index (χ0) is 15.5. The third kappa shape index (κ3) is 4.74. The summed E-state index contributed by atoms with van der Waals surface area (Å²) in [4.78, 5) is 1.97. The van der Waals surface area contributed by atoms with Gasteiger partial charge in [0.2, 0.25) is 0 Å². The fraction of sp³-hybridized carbons (Fsp3) is 0.786. The zero-order valence-electron chi connectivity index (χ0n) is 13.4. The van der Waals surface area contributed by atoms with Gasteiger partial charge in [0.05, 0.1) is 11.3 Å². The standard InChI is InChI=1S/C14H27ClN4O/c1-10(2)12-11(13(15)19(6)17-12)7-16-8-14(3,20)9-18(4)5/h10,16,20H,7-9H2,1-6H3. The van der Waals surface area contributed by atoms with Gasteiger partial charge in [-0.15, -0.1) is 0 Å². The van der Waals surface area contributed by atoms with Crippen molar-refractivity contribution in [2.24, 2.45) is 7.05 Å². The van der Waals surface area contributed by atoms with E-state index in [0.29, 0.717) is 30.7 Å². The van der Waals surface area contributed by atoms with Crippen molar-refractivity contribution in [1.82, 2.24) is 20.0 Å². The first-order valence-electron chi connectivity index (χ1n) is 6.93. The second-order valence-corrected chi connectivity index (χ2v) is 6.63. The van der Waals surface area contributed by atoms with Crippen molar-refractivity contribution >= 4 is 11.6 Å². The molecule has 0 aliphatic rings. The molecule has 116 valence electrons. The van der Waals surface area contributed by atoms with Crippen LogP contribution in [-0.2, 0) is 13.6 Å². The van der Waals surface area contributed by atoms with E-state index >= 15 is 0 Å². The number of hydrogen-bond acceptors (Lipinski definition) is 4. The van der Waals surface area contributed by atoms with Crippen LogP contribution in [0.4, 0.5) is 0 Å². The van der Waals surface area contributed by atoms with Crippen LogP contribution >= 0.6 is 11.6 Å². The average molecular weight is 303 g/mol. The normalized spacial score (nSPS) is 15.1. The molecule has 1 heterocycles. The first-order valence-corrected chi connectivity index (χ1v) is 7.31. The number of aromatic nitrogens is 2. The fourth-order valence-corrected chi connectivity index (χ4v) is 2.59. The number of nitrogens with zero attached hydrogens (tertiary/aromatic N) is 3. The number of rotatable bonds is 7. The molecule has 0 aliphatic heterocycles. The van der Waals surface area contributed by atoms with Crippen LogP contribution in [0.5, 0.6) is 0 Å². The molecule has 0 spiro atoms. The van der Waals surface area contributed by atoms with Gasteiger partial charge in [0.15, 0.2) is 0 Å². The summed E-state index contributed by atoms with van der Waals surface area (Å²) in [6, 6.07) is 0. The molecule has 1 aromatic rings. The molecule has 5 nitrogen and oxygen atoms in total. The highest BCUT2D eigenvalue weighted by atomic mass is 35.5. The van der Waals surface area contributed by atoms with E-state index in [0.717, 1.165) is 11.3 Å². The van der Waals surface area contributed by atoms with E-state index in [1.165, 1.54) is 0 Å². The minimum absolute atomic E-state index is 0.327. The molecule has 2 N–H and O–H groups in total. The Morgan fingerprint density at radius 2 is 2.05 bits per heavy atom. The summed E-state index contributed by atoms with van der Waals surface area (Å²) in [5.74, 6) is 0.327. The van der Waals surface area contributed by atoms with Crippen LogP contribution in [0.3, 0.4) is 0 Å². The summed E-state index contributed by atoms with van der Waals surface area (Å²) >= 11 is 6.28. The number of likely N-dealkylation sites (N-methyl/N-ethyl adjacent to an activating group) is 1. The van der Waals surface area contributed by atoms with E-state index < -0.39 is 5.60 Å². The highest BCUT2D eigenvalue weighted by Crippen LogP contribution is 2.25. The van der Waals surface area contributed by atoms with Crippen LogP contribution in [0.2, 0.25) is 5.15 Å². The Balaban J connectivity index is 2.67. The lowest BCUT2D eigenvalue weighted by molar-refractivity contribution is 0.0336. The summed E-state index contributed by atoms with van der Waals surface area (Å²) in [7, 11) is 5.74. The van der Waals surface area contributed by atoms with E-state index in [-0.39, 0.29) is 0 Å². The Labute approximate surface area is 126 Å². The molecular weight excluding hydrogens is 276 g/mol. The topological polar surface area (TPSA) is 53.3 Å². The van der Waals surface area contributed by atoms with Crippen molar-refractivity contribution < 1.29 is 5.11 Å². The number of nitrogens with one attached hydrogen (secondary N) is 1. The number of aliphatic hydroxyl groups is 1. The molecule has 1 rings (SSSR count). The van der Waals surface area contributed by atoms with E-state index in [1.54, 1.807) is 4.68 Å². The molecule has 0 saturated carbocycles. The zero-order valence-corrected chi connectivity index (χ0v) is 14.1. The van der Waals surface area contributed by atoms with E-state index in [1.807, 2.05) is 33.0 Å². The quantitative estimate of drug-likeness (QED) is 0.803. The predicted octanol–water partition coefficient (Wildman–Crippen LogP) is 1.60. The Bertz CT molecular complexity index is 441. The van der Waals surface area contributed by atoms with Gasteiger partial charge in [0.1, 0.15) is 5.15 Å². The van der Waals surface area contributed by atoms with Gasteiger partial charge in [-0.25, -0.2) is 0 Å². The summed E-state index contributed by atoms with van der Waals surface area (Å²) < 4.78 is 1.70.